The van der Waals surface area contributed by atoms with Crippen LogP contribution in [0.3, 0.4) is 0 Å². The van der Waals surface area contributed by atoms with Crippen molar-refractivity contribution in [1.29, 1.82) is 0 Å². The van der Waals surface area contributed by atoms with Crippen LogP contribution in [0.2, 0.25) is 0 Å². The number of hydrogen-bond donors (Lipinski definition) is 1. The lowest BCUT2D eigenvalue weighted by Crippen LogP contribution is -2.44. The van der Waals surface area contributed by atoms with Gasteiger partial charge in [0.1, 0.15) is 11.2 Å². The monoisotopic (exact) mass is 342 g/mol. The lowest BCUT2D eigenvalue weighted by Gasteiger charge is -2.35. The van der Waals surface area contributed by atoms with Gasteiger partial charge in [0.25, 0.3) is 0 Å². The molecule has 3 rings (SSSR count). The Kier molecular flexibility index (Phi) is 4.71. The molecule has 0 radical (unpaired) electrons. The third-order valence-corrected chi connectivity index (χ3v) is 4.34. The standard InChI is InChI=1S/C20H26N2O3/c1-19(2,3)25-18(23)22-12-9-20(24,10-13-22)15-21-11-8-16-6-4-5-7-17(16)14-21/h4-7,9-10,12-13,24H,8,11,14-15H2,1-3H3. The van der Waals surface area contributed by atoms with Gasteiger partial charge in [-0.15, -0.1) is 0 Å². The van der Waals surface area contributed by atoms with Gasteiger partial charge in [-0.2, -0.15) is 0 Å². The number of carbonyl (C=O) groups excluding carboxylic acids is 1. The summed E-state index contributed by atoms with van der Waals surface area (Å²) in [7, 11) is 0. The van der Waals surface area contributed by atoms with Crippen LogP contribution >= 0.6 is 0 Å². The van der Waals surface area contributed by atoms with Crippen LogP contribution in [0.15, 0.2) is 48.8 Å². The number of aliphatic hydroxyl groups is 1. The minimum atomic E-state index is -1.08. The molecule has 1 amide bonds. The summed E-state index contributed by atoms with van der Waals surface area (Å²) < 4.78 is 5.33. The predicted molar refractivity (Wildman–Crippen MR) is 96.7 cm³/mol. The molecular formula is C20H26N2O3. The van der Waals surface area contributed by atoms with Gasteiger partial charge in [-0.25, -0.2) is 4.79 Å². The molecule has 5 heteroatoms. The number of carbonyl (C=O) groups is 1. The highest BCUT2D eigenvalue weighted by Crippen LogP contribution is 2.24. The molecule has 0 saturated heterocycles. The van der Waals surface area contributed by atoms with E-state index in [2.05, 4.69) is 29.2 Å². The molecule has 0 unspecified atom stereocenters. The maximum absolute atomic E-state index is 12.1. The van der Waals surface area contributed by atoms with Crippen LogP contribution in [0.4, 0.5) is 4.79 Å². The molecule has 0 atom stereocenters. The Bertz CT molecular complexity index is 689. The van der Waals surface area contributed by atoms with Crippen molar-refractivity contribution in [3.63, 3.8) is 0 Å². The van der Waals surface area contributed by atoms with Gasteiger partial charge in [0.15, 0.2) is 0 Å². The number of β-amino-alcohol motifs (C(OH)–C–C–N with tert-alkyl or cyclic N) is 1. The van der Waals surface area contributed by atoms with Crippen LogP contribution in [0.5, 0.6) is 0 Å². The molecule has 0 bridgehead atoms. The first-order valence-corrected chi connectivity index (χ1v) is 8.66. The largest absolute Gasteiger partial charge is 0.443 e. The first-order valence-electron chi connectivity index (χ1n) is 8.66. The zero-order chi connectivity index (χ0) is 18.1. The SMILES string of the molecule is CC(C)(C)OC(=O)N1C=CC(O)(CN2CCc3ccccc3C2)C=C1. The lowest BCUT2D eigenvalue weighted by atomic mass is 9.96. The van der Waals surface area contributed by atoms with Crippen molar-refractivity contribution in [2.45, 2.75) is 44.9 Å². The second kappa shape index (κ2) is 6.65. The first kappa shape index (κ1) is 17.7. The van der Waals surface area contributed by atoms with Crippen molar-refractivity contribution in [2.24, 2.45) is 0 Å². The molecule has 2 aliphatic heterocycles. The average Bonchev–Trinajstić information content (AvgIpc) is 2.53. The number of rotatable bonds is 2. The molecule has 1 N–H and O–H groups in total. The number of benzene rings is 1. The topological polar surface area (TPSA) is 53.0 Å². The van der Waals surface area contributed by atoms with Crippen LogP contribution in [-0.2, 0) is 17.7 Å². The van der Waals surface area contributed by atoms with Gasteiger partial charge in [-0.3, -0.25) is 9.80 Å². The Hall–Kier alpha value is -2.11. The van der Waals surface area contributed by atoms with Crippen molar-refractivity contribution >= 4 is 6.09 Å². The van der Waals surface area contributed by atoms with Gasteiger partial charge in [-0.05, 0) is 50.5 Å². The third-order valence-electron chi connectivity index (χ3n) is 4.34. The summed E-state index contributed by atoms with van der Waals surface area (Å²) in [5, 5.41) is 10.8. The zero-order valence-corrected chi connectivity index (χ0v) is 15.1. The third kappa shape index (κ3) is 4.50. The van der Waals surface area contributed by atoms with E-state index >= 15 is 0 Å². The van der Waals surface area contributed by atoms with Gasteiger partial charge in [-0.1, -0.05) is 24.3 Å². The Morgan fingerprint density at radius 2 is 1.84 bits per heavy atom. The van der Waals surface area contributed by atoms with Crippen molar-refractivity contribution in [1.82, 2.24) is 9.80 Å². The first-order chi connectivity index (χ1) is 11.7. The summed E-state index contributed by atoms with van der Waals surface area (Å²) in [5.74, 6) is 0. The molecule has 0 saturated carbocycles. The molecule has 0 aromatic heterocycles. The quantitative estimate of drug-likeness (QED) is 0.897. The summed E-state index contributed by atoms with van der Waals surface area (Å²) in [4.78, 5) is 15.6. The van der Waals surface area contributed by atoms with E-state index in [1.54, 1.807) is 24.6 Å². The Morgan fingerprint density at radius 3 is 2.48 bits per heavy atom. The Labute approximate surface area is 149 Å². The summed E-state index contributed by atoms with van der Waals surface area (Å²) in [6.45, 7) is 7.72. The van der Waals surface area contributed by atoms with E-state index in [0.29, 0.717) is 6.54 Å². The highest BCUT2D eigenvalue weighted by atomic mass is 16.6. The molecule has 1 aromatic rings. The highest BCUT2D eigenvalue weighted by Gasteiger charge is 2.30. The maximum atomic E-state index is 12.1. The predicted octanol–water partition coefficient (Wildman–Crippen LogP) is 3.05. The Morgan fingerprint density at radius 1 is 1.20 bits per heavy atom. The van der Waals surface area contributed by atoms with Gasteiger partial charge >= 0.3 is 6.09 Å². The van der Waals surface area contributed by atoms with E-state index in [1.165, 1.54) is 16.0 Å². The van der Waals surface area contributed by atoms with E-state index in [1.807, 2.05) is 20.8 Å². The summed E-state index contributed by atoms with van der Waals surface area (Å²) in [6.07, 6.45) is 6.99. The van der Waals surface area contributed by atoms with Crippen molar-refractivity contribution in [3.05, 3.63) is 59.9 Å². The average molecular weight is 342 g/mol. The summed E-state index contributed by atoms with van der Waals surface area (Å²) in [6, 6.07) is 8.43. The molecule has 2 heterocycles. The minimum absolute atomic E-state index is 0.450. The number of nitrogens with zero attached hydrogens (tertiary/aromatic N) is 2. The van der Waals surface area contributed by atoms with Crippen molar-refractivity contribution < 1.29 is 14.6 Å². The van der Waals surface area contributed by atoms with Gasteiger partial charge in [0, 0.05) is 32.0 Å². The summed E-state index contributed by atoms with van der Waals surface area (Å²) in [5.41, 5.74) is 1.08. The van der Waals surface area contributed by atoms with Crippen LogP contribution in [0.1, 0.15) is 31.9 Å². The smallest absolute Gasteiger partial charge is 0.418 e. The van der Waals surface area contributed by atoms with Gasteiger partial charge < -0.3 is 9.84 Å². The fraction of sp³-hybridized carbons (Fsp3) is 0.450. The highest BCUT2D eigenvalue weighted by molar-refractivity contribution is 5.71. The number of hydrogen-bond acceptors (Lipinski definition) is 4. The normalized spacial score (nSPS) is 19.6. The van der Waals surface area contributed by atoms with E-state index < -0.39 is 17.3 Å². The van der Waals surface area contributed by atoms with E-state index in [-0.39, 0.29) is 0 Å². The lowest BCUT2D eigenvalue weighted by molar-refractivity contribution is 0.0371. The van der Waals surface area contributed by atoms with Crippen molar-refractivity contribution in [2.75, 3.05) is 13.1 Å². The van der Waals surface area contributed by atoms with Crippen molar-refractivity contribution in [3.8, 4) is 0 Å². The van der Waals surface area contributed by atoms with E-state index in [4.69, 9.17) is 4.74 Å². The van der Waals surface area contributed by atoms with E-state index in [9.17, 15) is 9.90 Å². The molecular weight excluding hydrogens is 316 g/mol. The number of amides is 1. The second-order valence-electron chi connectivity index (χ2n) is 7.74. The fourth-order valence-corrected chi connectivity index (χ4v) is 3.11. The molecule has 0 fully saturated rings. The van der Waals surface area contributed by atoms with Crippen LogP contribution in [0, 0.1) is 0 Å². The maximum Gasteiger partial charge on any atom is 0.418 e. The molecule has 134 valence electrons. The molecule has 5 nitrogen and oxygen atoms in total. The molecule has 1 aromatic carbocycles. The molecule has 2 aliphatic rings. The van der Waals surface area contributed by atoms with E-state index in [0.717, 1.165) is 19.5 Å². The second-order valence-corrected chi connectivity index (χ2v) is 7.74. The zero-order valence-electron chi connectivity index (χ0n) is 15.1. The number of ether oxygens (including phenoxy) is 1. The molecule has 0 spiro atoms. The fourth-order valence-electron chi connectivity index (χ4n) is 3.11. The van der Waals surface area contributed by atoms with Gasteiger partial charge in [0.05, 0.1) is 0 Å². The number of fused-ring (bicyclic) bond motifs is 1. The van der Waals surface area contributed by atoms with Gasteiger partial charge in [0.2, 0.25) is 0 Å². The van der Waals surface area contributed by atoms with Crippen LogP contribution in [-0.4, -0.2) is 45.3 Å². The van der Waals surface area contributed by atoms with Crippen LogP contribution < -0.4 is 0 Å². The Balaban J connectivity index is 1.60. The minimum Gasteiger partial charge on any atom is -0.443 e. The molecule has 25 heavy (non-hydrogen) atoms. The molecule has 0 aliphatic carbocycles. The van der Waals surface area contributed by atoms with Crippen LogP contribution in [0.25, 0.3) is 0 Å². The summed E-state index contributed by atoms with van der Waals surface area (Å²) >= 11 is 0.